The van der Waals surface area contributed by atoms with Crippen molar-refractivity contribution in [1.82, 2.24) is 0 Å². The molecule has 0 heterocycles. The van der Waals surface area contributed by atoms with Crippen molar-refractivity contribution in [3.63, 3.8) is 0 Å². The van der Waals surface area contributed by atoms with Crippen molar-refractivity contribution >= 4 is 11.7 Å². The van der Waals surface area contributed by atoms with E-state index in [1.165, 1.54) is 6.92 Å². The van der Waals surface area contributed by atoms with Crippen molar-refractivity contribution < 1.29 is 27.6 Å². The van der Waals surface area contributed by atoms with Crippen LogP contribution in [0.15, 0.2) is 18.2 Å². The molecule has 1 aromatic carbocycles. The van der Waals surface area contributed by atoms with Crippen LogP contribution >= 0.6 is 0 Å². The Morgan fingerprint density at radius 2 is 2.06 bits per heavy atom. The molecule has 8 heteroatoms. The van der Waals surface area contributed by atoms with Crippen LogP contribution in [0.1, 0.15) is 22.8 Å². The summed E-state index contributed by atoms with van der Waals surface area (Å²) < 4.78 is 42.3. The molecule has 0 saturated heterocycles. The molecular weight excluding hydrogens is 255 g/mol. The van der Waals surface area contributed by atoms with Gasteiger partial charge < -0.3 is 4.74 Å². The van der Waals surface area contributed by atoms with Crippen molar-refractivity contribution in [1.29, 1.82) is 0 Å². The van der Waals surface area contributed by atoms with E-state index in [-0.39, 0.29) is 12.2 Å². The van der Waals surface area contributed by atoms with Gasteiger partial charge in [-0.3, -0.25) is 10.1 Å². The average Bonchev–Trinajstić information content (AvgIpc) is 2.27. The molecule has 0 aliphatic rings. The summed E-state index contributed by atoms with van der Waals surface area (Å²) in [4.78, 5) is 20.6. The van der Waals surface area contributed by atoms with Gasteiger partial charge in [0.25, 0.3) is 5.69 Å². The van der Waals surface area contributed by atoms with Gasteiger partial charge in [-0.25, -0.2) is 4.79 Å². The minimum absolute atomic E-state index is 0.00281. The van der Waals surface area contributed by atoms with Gasteiger partial charge in [0.2, 0.25) is 0 Å². The van der Waals surface area contributed by atoms with E-state index in [4.69, 9.17) is 0 Å². The molecule has 0 aromatic heterocycles. The lowest BCUT2D eigenvalue weighted by molar-refractivity contribution is -0.388. The number of ether oxygens (including phenoxy) is 1. The Labute approximate surface area is 99.3 Å². The number of nitro groups is 1. The molecule has 0 N–H and O–H groups in total. The Morgan fingerprint density at radius 3 is 2.50 bits per heavy atom. The molecule has 98 valence electrons. The quantitative estimate of drug-likeness (QED) is 0.477. The maximum absolute atomic E-state index is 12.6. The summed E-state index contributed by atoms with van der Waals surface area (Å²) in [6, 6.07) is 1.97. The van der Waals surface area contributed by atoms with Gasteiger partial charge in [-0.15, -0.1) is 0 Å². The summed E-state index contributed by atoms with van der Waals surface area (Å²) in [5.41, 5.74) is -2.96. The smallest absolute Gasteiger partial charge is 0.423 e. The monoisotopic (exact) mass is 263 g/mol. The summed E-state index contributed by atoms with van der Waals surface area (Å²) in [6.07, 6.45) is -4.91. The Balaban J connectivity index is 3.30. The molecule has 0 radical (unpaired) electrons. The van der Waals surface area contributed by atoms with Crippen molar-refractivity contribution in [2.24, 2.45) is 0 Å². The topological polar surface area (TPSA) is 69.4 Å². The molecule has 0 saturated carbocycles. The van der Waals surface area contributed by atoms with E-state index in [0.717, 1.165) is 6.07 Å². The van der Waals surface area contributed by atoms with Crippen molar-refractivity contribution in [2.45, 2.75) is 13.1 Å². The molecule has 0 amide bonds. The van der Waals surface area contributed by atoms with Crippen LogP contribution < -0.4 is 0 Å². The highest BCUT2D eigenvalue weighted by Crippen LogP contribution is 2.36. The van der Waals surface area contributed by atoms with E-state index in [1.807, 2.05) is 0 Å². The number of alkyl halides is 3. The van der Waals surface area contributed by atoms with Gasteiger partial charge in [-0.05, 0) is 19.1 Å². The molecule has 0 bridgehead atoms. The summed E-state index contributed by atoms with van der Waals surface area (Å²) >= 11 is 0. The third-order valence-electron chi connectivity index (χ3n) is 2.01. The zero-order valence-electron chi connectivity index (χ0n) is 9.15. The summed E-state index contributed by atoms with van der Waals surface area (Å²) in [5.74, 6) is -0.960. The average molecular weight is 263 g/mol. The predicted molar refractivity (Wildman–Crippen MR) is 54.1 cm³/mol. The molecule has 0 fully saturated rings. The third kappa shape index (κ3) is 2.96. The zero-order chi connectivity index (χ0) is 13.9. The molecule has 1 aromatic rings. The highest BCUT2D eigenvalue weighted by atomic mass is 19.4. The van der Waals surface area contributed by atoms with E-state index >= 15 is 0 Å². The van der Waals surface area contributed by atoms with E-state index < -0.39 is 28.3 Å². The van der Waals surface area contributed by atoms with Crippen molar-refractivity contribution in [3.05, 3.63) is 39.4 Å². The van der Waals surface area contributed by atoms with Gasteiger partial charge >= 0.3 is 12.1 Å². The van der Waals surface area contributed by atoms with E-state index in [1.54, 1.807) is 0 Å². The van der Waals surface area contributed by atoms with Gasteiger partial charge in [0.1, 0.15) is 5.56 Å². The first-order chi connectivity index (χ1) is 8.27. The highest BCUT2D eigenvalue weighted by Gasteiger charge is 2.38. The van der Waals surface area contributed by atoms with E-state index in [9.17, 15) is 28.1 Å². The van der Waals surface area contributed by atoms with Crippen LogP contribution in [0.2, 0.25) is 0 Å². The lowest BCUT2D eigenvalue weighted by Gasteiger charge is -2.09. The second kappa shape index (κ2) is 5.03. The number of halogens is 3. The number of carbonyl (C=O) groups excluding carboxylic acids is 1. The van der Waals surface area contributed by atoms with Crippen LogP contribution in [-0.4, -0.2) is 17.5 Å². The van der Waals surface area contributed by atoms with Gasteiger partial charge in [-0.1, -0.05) is 0 Å². The largest absolute Gasteiger partial charge is 0.462 e. The second-order valence-electron chi connectivity index (χ2n) is 3.21. The Hall–Kier alpha value is -2.12. The van der Waals surface area contributed by atoms with Crippen molar-refractivity contribution in [3.8, 4) is 0 Å². The van der Waals surface area contributed by atoms with Crippen LogP contribution in [0.25, 0.3) is 0 Å². The molecule has 18 heavy (non-hydrogen) atoms. The summed E-state index contributed by atoms with van der Waals surface area (Å²) in [7, 11) is 0. The molecule has 0 spiro atoms. The number of nitrogens with zero attached hydrogens (tertiary/aromatic N) is 1. The molecule has 0 unspecified atom stereocenters. The van der Waals surface area contributed by atoms with Crippen molar-refractivity contribution in [2.75, 3.05) is 6.61 Å². The number of carbonyl (C=O) groups is 1. The highest BCUT2D eigenvalue weighted by molar-refractivity contribution is 5.90. The standard InChI is InChI=1S/C10H8F3NO4/c1-2-18-9(15)6-3-4-8(14(16)17)7(5-6)10(11,12)13/h3-5H,2H2,1H3. The maximum Gasteiger partial charge on any atom is 0.423 e. The zero-order valence-corrected chi connectivity index (χ0v) is 9.15. The number of hydrogen-bond acceptors (Lipinski definition) is 4. The fraction of sp³-hybridized carbons (Fsp3) is 0.300. The lowest BCUT2D eigenvalue weighted by atomic mass is 10.1. The number of esters is 1. The fourth-order valence-electron chi connectivity index (χ4n) is 1.26. The molecule has 5 nitrogen and oxygen atoms in total. The minimum Gasteiger partial charge on any atom is -0.462 e. The van der Waals surface area contributed by atoms with Gasteiger partial charge in [-0.2, -0.15) is 13.2 Å². The maximum atomic E-state index is 12.6. The van der Waals surface area contributed by atoms with Crippen LogP contribution in [0, 0.1) is 10.1 Å². The Bertz CT molecular complexity index is 485. The van der Waals surface area contributed by atoms with Crippen LogP contribution in [0.5, 0.6) is 0 Å². The predicted octanol–water partition coefficient (Wildman–Crippen LogP) is 2.79. The summed E-state index contributed by atoms with van der Waals surface area (Å²) in [5, 5.41) is 10.5. The fourth-order valence-corrected chi connectivity index (χ4v) is 1.26. The van der Waals surface area contributed by atoms with E-state index in [2.05, 4.69) is 4.74 Å². The van der Waals surface area contributed by atoms with E-state index in [0.29, 0.717) is 12.1 Å². The molecule has 0 aliphatic carbocycles. The molecular formula is C10H8F3NO4. The number of nitro benzene ring substituents is 1. The van der Waals surface area contributed by atoms with Crippen LogP contribution in [0.4, 0.5) is 18.9 Å². The Morgan fingerprint density at radius 1 is 1.44 bits per heavy atom. The number of rotatable bonds is 3. The molecule has 0 aliphatic heterocycles. The first kappa shape index (κ1) is 13.9. The normalized spacial score (nSPS) is 11.1. The second-order valence-corrected chi connectivity index (χ2v) is 3.21. The molecule has 0 atom stereocenters. The SMILES string of the molecule is CCOC(=O)c1ccc([N+](=O)[O-])c(C(F)(F)F)c1. The first-order valence-electron chi connectivity index (χ1n) is 4.80. The minimum atomic E-state index is -4.91. The van der Waals surface area contributed by atoms with Gasteiger partial charge in [0, 0.05) is 6.07 Å². The number of hydrogen-bond donors (Lipinski definition) is 0. The van der Waals surface area contributed by atoms with Gasteiger partial charge in [0.15, 0.2) is 0 Å². The first-order valence-corrected chi connectivity index (χ1v) is 4.80. The van der Waals surface area contributed by atoms with Gasteiger partial charge in [0.05, 0.1) is 17.1 Å². The lowest BCUT2D eigenvalue weighted by Crippen LogP contribution is -2.12. The van der Waals surface area contributed by atoms with Crippen LogP contribution in [0.3, 0.4) is 0 Å². The van der Waals surface area contributed by atoms with Crippen LogP contribution in [-0.2, 0) is 10.9 Å². The third-order valence-corrected chi connectivity index (χ3v) is 2.01. The Kier molecular flexibility index (Phi) is 3.89. The summed E-state index contributed by atoms with van der Waals surface area (Å²) in [6.45, 7) is 1.49. The number of benzene rings is 1. The molecule has 1 rings (SSSR count).